The first-order valence-corrected chi connectivity index (χ1v) is 14.1. The number of nitrogens with two attached hydrogens (primary N) is 1. The van der Waals surface area contributed by atoms with Crippen molar-refractivity contribution >= 4 is 55.5 Å². The number of carbonyl (C=O) groups excluding carboxylic acids is 2. The number of ether oxygens (including phenoxy) is 1. The highest BCUT2D eigenvalue weighted by Crippen LogP contribution is 2.33. The Labute approximate surface area is 213 Å². The summed E-state index contributed by atoms with van der Waals surface area (Å²) in [7, 11) is -8.51. The van der Waals surface area contributed by atoms with Crippen molar-refractivity contribution in [2.75, 3.05) is 11.9 Å². The zero-order valence-corrected chi connectivity index (χ0v) is 21.7. The van der Waals surface area contributed by atoms with Crippen LogP contribution in [0.1, 0.15) is 33.1 Å². The number of anilines is 1. The average Bonchev–Trinajstić information content (AvgIpc) is 2.74. The van der Waals surface area contributed by atoms with Crippen LogP contribution in [0, 0.1) is 0 Å². The van der Waals surface area contributed by atoms with E-state index in [-0.39, 0.29) is 23.6 Å². The van der Waals surface area contributed by atoms with E-state index in [1.165, 1.54) is 6.92 Å². The van der Waals surface area contributed by atoms with Gasteiger partial charge in [-0.2, -0.15) is 4.72 Å². The van der Waals surface area contributed by atoms with Crippen LogP contribution in [0.4, 0.5) is 5.69 Å². The van der Waals surface area contributed by atoms with Gasteiger partial charge in [-0.05, 0) is 38.8 Å². The van der Waals surface area contributed by atoms with Gasteiger partial charge in [-0.15, -0.1) is 0 Å². The van der Waals surface area contributed by atoms with Crippen molar-refractivity contribution in [1.29, 1.82) is 0 Å². The molecule has 0 radical (unpaired) electrons. The third kappa shape index (κ3) is 8.09. The molecule has 36 heavy (non-hydrogen) atoms. The predicted octanol–water partition coefficient (Wildman–Crippen LogP) is -0.703. The molecule has 0 saturated carbocycles. The fourth-order valence-corrected chi connectivity index (χ4v) is 5.87. The largest absolute Gasteiger partial charge is 0.480 e. The molecule has 1 heterocycles. The molecule has 0 bridgehead atoms. The number of carboxylic acids is 1. The van der Waals surface area contributed by atoms with Crippen LogP contribution in [0.15, 0.2) is 21.9 Å². The van der Waals surface area contributed by atoms with E-state index in [1.54, 1.807) is 6.92 Å². The molecule has 0 fully saturated rings. The highest BCUT2D eigenvalue weighted by molar-refractivity contribution is 7.90. The maximum absolute atomic E-state index is 12.6. The van der Waals surface area contributed by atoms with Gasteiger partial charge in [-0.25, -0.2) is 22.0 Å². The molecule has 17 heteroatoms. The lowest BCUT2D eigenvalue weighted by Gasteiger charge is -2.28. The predicted molar refractivity (Wildman–Crippen MR) is 128 cm³/mol. The van der Waals surface area contributed by atoms with Crippen molar-refractivity contribution in [2.24, 2.45) is 5.14 Å². The molecule has 1 amide bonds. The minimum absolute atomic E-state index is 0.0333. The molecule has 1 aliphatic rings. The third-order valence-electron chi connectivity index (χ3n) is 5.07. The summed E-state index contributed by atoms with van der Waals surface area (Å²) in [6, 6.07) is 0.0534. The number of benzene rings is 1. The number of halogens is 1. The number of aliphatic carboxylic acids is 1. The van der Waals surface area contributed by atoms with Crippen molar-refractivity contribution in [1.82, 2.24) is 15.4 Å². The number of carboxylic acid groups (broad SMARTS) is 1. The molecule has 2 rings (SSSR count). The highest BCUT2D eigenvalue weighted by atomic mass is 35.5. The lowest BCUT2D eigenvalue weighted by Crippen LogP contribution is -2.49. The molecule has 4 atom stereocenters. The van der Waals surface area contributed by atoms with Crippen LogP contribution in [0.25, 0.3) is 0 Å². The Morgan fingerprint density at radius 3 is 2.56 bits per heavy atom. The zero-order chi connectivity index (χ0) is 27.3. The fourth-order valence-electron chi connectivity index (χ4n) is 3.37. The number of sulfonamides is 2. The topological polar surface area (TPSA) is 223 Å². The Morgan fingerprint density at radius 1 is 1.33 bits per heavy atom. The fraction of sp³-hybridized carbons (Fsp3) is 0.526. The monoisotopic (exact) mass is 569 g/mol. The van der Waals surface area contributed by atoms with E-state index >= 15 is 0 Å². The number of rotatable bonds is 13. The molecular weight excluding hydrogens is 542 g/mol. The van der Waals surface area contributed by atoms with Gasteiger partial charge in [0.2, 0.25) is 26.0 Å². The number of hydrogen-bond acceptors (Lipinski definition) is 10. The summed E-state index contributed by atoms with van der Waals surface area (Å²) >= 11 is 5.93. The van der Waals surface area contributed by atoms with Crippen LogP contribution in [-0.4, -0.2) is 71.2 Å². The standard InChI is InChI=1S/C19H28ClN5O9S2/c1-3-34-18(22-10(2)19(28)29)5-4-11(9-26)23-17(27)8-16-24-13-6-12(20)14(35(21,30)31)7-15(13)36(32,33)25-16/h6-7,9-11,16,18,22,24-25H,3-5,8H2,1-2H3,(H,23,27)(H,28,29)(H2,21,30,31)/t10-,11-,16?,18?/m0/s1. The molecular formula is C19H28ClN5O9S2. The Morgan fingerprint density at radius 2 is 2.00 bits per heavy atom. The van der Waals surface area contributed by atoms with Gasteiger partial charge < -0.3 is 25.3 Å². The van der Waals surface area contributed by atoms with Crippen molar-refractivity contribution in [2.45, 2.75) is 67.4 Å². The van der Waals surface area contributed by atoms with Crippen molar-refractivity contribution in [3.63, 3.8) is 0 Å². The van der Waals surface area contributed by atoms with E-state index in [4.69, 9.17) is 26.6 Å². The molecule has 202 valence electrons. The first-order chi connectivity index (χ1) is 16.7. The first-order valence-electron chi connectivity index (χ1n) is 10.7. The maximum Gasteiger partial charge on any atom is 0.320 e. The van der Waals surface area contributed by atoms with Crippen LogP contribution in [0.2, 0.25) is 5.02 Å². The molecule has 0 aliphatic carbocycles. The zero-order valence-electron chi connectivity index (χ0n) is 19.4. The molecule has 0 spiro atoms. The average molecular weight is 570 g/mol. The molecule has 0 aromatic heterocycles. The summed E-state index contributed by atoms with van der Waals surface area (Å²) in [5.41, 5.74) is -0.0333. The number of nitrogens with one attached hydrogen (secondary N) is 4. The molecule has 0 saturated heterocycles. The van der Waals surface area contributed by atoms with Gasteiger partial charge in [0.05, 0.1) is 29.3 Å². The van der Waals surface area contributed by atoms with Crippen LogP contribution in [0.3, 0.4) is 0 Å². The quantitative estimate of drug-likeness (QED) is 0.129. The molecule has 1 aromatic carbocycles. The van der Waals surface area contributed by atoms with Gasteiger partial charge in [-0.1, -0.05) is 11.6 Å². The summed E-state index contributed by atoms with van der Waals surface area (Å²) < 4.78 is 56.2. The lowest BCUT2D eigenvalue weighted by atomic mass is 10.1. The maximum atomic E-state index is 12.6. The molecule has 14 nitrogen and oxygen atoms in total. The number of hydrogen-bond donors (Lipinski definition) is 6. The summed E-state index contributed by atoms with van der Waals surface area (Å²) in [5, 5.41) is 21.8. The minimum atomic E-state index is -4.28. The number of amides is 1. The number of carbonyl (C=O) groups is 3. The second-order valence-corrected chi connectivity index (χ2v) is 11.5. The number of primary sulfonamides is 1. The lowest BCUT2D eigenvalue weighted by molar-refractivity contribution is -0.140. The van der Waals surface area contributed by atoms with Crippen molar-refractivity contribution < 1.29 is 41.1 Å². The molecule has 2 unspecified atom stereocenters. The van der Waals surface area contributed by atoms with E-state index in [0.29, 0.717) is 12.9 Å². The molecule has 1 aromatic rings. The Balaban J connectivity index is 2.04. The third-order valence-corrected chi connectivity index (χ3v) is 7.96. The van der Waals surface area contributed by atoms with Gasteiger partial charge in [-0.3, -0.25) is 14.9 Å². The number of fused-ring (bicyclic) bond motifs is 1. The van der Waals surface area contributed by atoms with Gasteiger partial charge >= 0.3 is 5.97 Å². The minimum Gasteiger partial charge on any atom is -0.480 e. The summed E-state index contributed by atoms with van der Waals surface area (Å²) in [5.74, 6) is -1.74. The van der Waals surface area contributed by atoms with E-state index < -0.39 is 72.6 Å². The van der Waals surface area contributed by atoms with Crippen LogP contribution in [-0.2, 0) is 39.2 Å². The van der Waals surface area contributed by atoms with Gasteiger partial charge in [0.25, 0.3) is 0 Å². The van der Waals surface area contributed by atoms with Gasteiger partial charge in [0.1, 0.15) is 28.3 Å². The second-order valence-electron chi connectivity index (χ2n) is 7.90. The Bertz CT molecular complexity index is 1210. The SMILES string of the molecule is CCOC(CC[C@@H](C=O)NC(=O)CC1Nc2cc(Cl)c(S(N)(=O)=O)cc2S(=O)(=O)N1)N[C@@H](C)C(=O)O. The van der Waals surface area contributed by atoms with E-state index in [0.717, 1.165) is 12.1 Å². The highest BCUT2D eigenvalue weighted by Gasteiger charge is 2.33. The second kappa shape index (κ2) is 12.3. The van der Waals surface area contributed by atoms with Crippen LogP contribution < -0.4 is 25.8 Å². The summed E-state index contributed by atoms with van der Waals surface area (Å²) in [6.45, 7) is 3.45. The number of aldehydes is 1. The van der Waals surface area contributed by atoms with Crippen molar-refractivity contribution in [3.05, 3.63) is 17.2 Å². The summed E-state index contributed by atoms with van der Waals surface area (Å²) in [4.78, 5) is 34.0. The van der Waals surface area contributed by atoms with Crippen LogP contribution >= 0.6 is 11.6 Å². The molecule has 7 N–H and O–H groups in total. The summed E-state index contributed by atoms with van der Waals surface area (Å²) in [6.07, 6.45) is -1.37. The van der Waals surface area contributed by atoms with E-state index in [9.17, 15) is 31.2 Å². The Hall–Kier alpha value is -2.34. The van der Waals surface area contributed by atoms with E-state index in [1.807, 2.05) is 0 Å². The Kier molecular flexibility index (Phi) is 10.2. The van der Waals surface area contributed by atoms with Gasteiger partial charge in [0, 0.05) is 6.61 Å². The first kappa shape index (κ1) is 29.9. The van der Waals surface area contributed by atoms with E-state index in [2.05, 4.69) is 20.7 Å². The van der Waals surface area contributed by atoms with Crippen molar-refractivity contribution in [3.8, 4) is 0 Å². The van der Waals surface area contributed by atoms with Gasteiger partial charge in [0.15, 0.2) is 0 Å². The molecule has 1 aliphatic heterocycles. The normalized spacial score (nSPS) is 19.3. The smallest absolute Gasteiger partial charge is 0.320 e. The van der Waals surface area contributed by atoms with Crippen LogP contribution in [0.5, 0.6) is 0 Å².